The molecule has 1 rings (SSSR count). The zero-order valence-corrected chi connectivity index (χ0v) is 11.5. The molecular formula is C13H22ClNO2. The van der Waals surface area contributed by atoms with Gasteiger partial charge < -0.3 is 15.6 Å². The van der Waals surface area contributed by atoms with Crippen LogP contribution in [0.15, 0.2) is 18.2 Å². The van der Waals surface area contributed by atoms with Gasteiger partial charge in [0.2, 0.25) is 0 Å². The van der Waals surface area contributed by atoms with Crippen molar-refractivity contribution in [3.05, 3.63) is 23.8 Å². The zero-order valence-electron chi connectivity index (χ0n) is 10.6. The molecule has 0 aliphatic heterocycles. The number of phenolic OH excluding ortho intramolecular Hbond substituents is 1. The number of hydrogen-bond donors (Lipinski definition) is 2. The minimum Gasteiger partial charge on any atom is -0.504 e. The third kappa shape index (κ3) is 4.84. The van der Waals surface area contributed by atoms with Crippen LogP contribution in [0.25, 0.3) is 0 Å². The lowest BCUT2D eigenvalue weighted by molar-refractivity contribution is 0.372. The lowest BCUT2D eigenvalue weighted by atomic mass is 9.98. The molecule has 0 heterocycles. The van der Waals surface area contributed by atoms with E-state index in [0.29, 0.717) is 11.7 Å². The van der Waals surface area contributed by atoms with Gasteiger partial charge in [-0.3, -0.25) is 0 Å². The molecule has 0 saturated carbocycles. The molecule has 3 nitrogen and oxygen atoms in total. The maximum atomic E-state index is 9.47. The zero-order chi connectivity index (χ0) is 12.1. The van der Waals surface area contributed by atoms with Gasteiger partial charge in [-0.1, -0.05) is 19.9 Å². The van der Waals surface area contributed by atoms with Crippen molar-refractivity contribution in [2.45, 2.75) is 32.7 Å². The lowest BCUT2D eigenvalue weighted by Crippen LogP contribution is -2.11. The van der Waals surface area contributed by atoms with Gasteiger partial charge in [0.1, 0.15) is 0 Å². The molecule has 0 saturated heterocycles. The number of rotatable bonds is 5. The SMILES string of the molecule is COc1cc([C@@H](N)CCC(C)C)ccc1O.Cl. The van der Waals surface area contributed by atoms with Crippen molar-refractivity contribution in [1.82, 2.24) is 0 Å². The molecular weight excluding hydrogens is 238 g/mol. The van der Waals surface area contributed by atoms with Crippen molar-refractivity contribution >= 4 is 12.4 Å². The van der Waals surface area contributed by atoms with Crippen LogP contribution < -0.4 is 10.5 Å². The minimum absolute atomic E-state index is 0. The molecule has 0 amide bonds. The van der Waals surface area contributed by atoms with E-state index in [1.807, 2.05) is 6.07 Å². The fourth-order valence-corrected chi connectivity index (χ4v) is 1.60. The molecule has 0 radical (unpaired) electrons. The molecule has 17 heavy (non-hydrogen) atoms. The summed E-state index contributed by atoms with van der Waals surface area (Å²) in [5.74, 6) is 1.30. The van der Waals surface area contributed by atoms with Crippen molar-refractivity contribution < 1.29 is 9.84 Å². The Hall–Kier alpha value is -0.930. The van der Waals surface area contributed by atoms with Gasteiger partial charge in [0, 0.05) is 6.04 Å². The van der Waals surface area contributed by atoms with Gasteiger partial charge in [-0.2, -0.15) is 0 Å². The molecule has 0 unspecified atom stereocenters. The summed E-state index contributed by atoms with van der Waals surface area (Å²) in [5, 5.41) is 9.47. The number of hydrogen-bond acceptors (Lipinski definition) is 3. The Balaban J connectivity index is 0.00000256. The summed E-state index contributed by atoms with van der Waals surface area (Å²) in [5.41, 5.74) is 7.09. The van der Waals surface area contributed by atoms with Gasteiger partial charge in [-0.25, -0.2) is 0 Å². The lowest BCUT2D eigenvalue weighted by Gasteiger charge is -2.14. The van der Waals surface area contributed by atoms with Crippen LogP contribution in [0.3, 0.4) is 0 Å². The van der Waals surface area contributed by atoms with Crippen LogP contribution in [-0.2, 0) is 0 Å². The Morgan fingerprint density at radius 2 is 1.94 bits per heavy atom. The van der Waals surface area contributed by atoms with Crippen LogP contribution in [0.1, 0.15) is 38.3 Å². The second kappa shape index (κ2) is 7.41. The fourth-order valence-electron chi connectivity index (χ4n) is 1.60. The Kier molecular flexibility index (Phi) is 7.00. The summed E-state index contributed by atoms with van der Waals surface area (Å²) in [6, 6.07) is 5.30. The average Bonchev–Trinajstić information content (AvgIpc) is 2.26. The molecule has 3 N–H and O–H groups in total. The first-order chi connectivity index (χ1) is 7.54. The summed E-state index contributed by atoms with van der Waals surface area (Å²) in [4.78, 5) is 0. The normalized spacial score (nSPS) is 12.1. The first-order valence-electron chi connectivity index (χ1n) is 5.67. The molecule has 0 bridgehead atoms. The van der Waals surface area contributed by atoms with E-state index in [-0.39, 0.29) is 24.2 Å². The van der Waals surface area contributed by atoms with Crippen LogP contribution in [0.2, 0.25) is 0 Å². The van der Waals surface area contributed by atoms with Crippen LogP contribution >= 0.6 is 12.4 Å². The van der Waals surface area contributed by atoms with E-state index in [2.05, 4.69) is 13.8 Å². The topological polar surface area (TPSA) is 55.5 Å². The Labute approximate surface area is 109 Å². The highest BCUT2D eigenvalue weighted by Crippen LogP contribution is 2.29. The maximum Gasteiger partial charge on any atom is 0.160 e. The first-order valence-corrected chi connectivity index (χ1v) is 5.67. The highest BCUT2D eigenvalue weighted by atomic mass is 35.5. The summed E-state index contributed by atoms with van der Waals surface area (Å²) in [6.07, 6.45) is 2.05. The van der Waals surface area contributed by atoms with E-state index >= 15 is 0 Å². The van der Waals surface area contributed by atoms with Crippen LogP contribution in [0.5, 0.6) is 11.5 Å². The average molecular weight is 260 g/mol. The van der Waals surface area contributed by atoms with Crippen LogP contribution in [-0.4, -0.2) is 12.2 Å². The largest absolute Gasteiger partial charge is 0.504 e. The van der Waals surface area contributed by atoms with Crippen molar-refractivity contribution in [2.24, 2.45) is 11.7 Å². The standard InChI is InChI=1S/C13H21NO2.ClH/c1-9(2)4-6-11(14)10-5-7-12(15)13(8-10)16-3;/h5,7-9,11,15H,4,6,14H2,1-3H3;1H/t11-;/m0./s1. The predicted octanol–water partition coefficient (Wildman–Crippen LogP) is 3.26. The molecule has 1 atom stereocenters. The molecule has 1 aromatic rings. The summed E-state index contributed by atoms with van der Waals surface area (Å²) >= 11 is 0. The Morgan fingerprint density at radius 1 is 1.29 bits per heavy atom. The number of ether oxygens (including phenoxy) is 1. The minimum atomic E-state index is 0. The van der Waals surface area contributed by atoms with E-state index < -0.39 is 0 Å². The first kappa shape index (κ1) is 16.1. The second-order valence-electron chi connectivity index (χ2n) is 4.51. The highest BCUT2D eigenvalue weighted by molar-refractivity contribution is 5.85. The van der Waals surface area contributed by atoms with Gasteiger partial charge in [0.05, 0.1) is 7.11 Å². The molecule has 1 aromatic carbocycles. The molecule has 0 aliphatic rings. The van der Waals surface area contributed by atoms with Gasteiger partial charge in [0.15, 0.2) is 11.5 Å². The van der Waals surface area contributed by atoms with Crippen molar-refractivity contribution in [3.8, 4) is 11.5 Å². The molecule has 98 valence electrons. The number of benzene rings is 1. The smallest absolute Gasteiger partial charge is 0.160 e. The number of methoxy groups -OCH3 is 1. The summed E-state index contributed by atoms with van der Waals surface area (Å²) in [6.45, 7) is 4.37. The fraction of sp³-hybridized carbons (Fsp3) is 0.538. The second-order valence-corrected chi connectivity index (χ2v) is 4.51. The highest BCUT2D eigenvalue weighted by Gasteiger charge is 2.10. The molecule has 0 fully saturated rings. The molecule has 4 heteroatoms. The van der Waals surface area contributed by atoms with E-state index in [9.17, 15) is 5.11 Å². The van der Waals surface area contributed by atoms with Crippen molar-refractivity contribution in [3.63, 3.8) is 0 Å². The van der Waals surface area contributed by atoms with Crippen molar-refractivity contribution in [1.29, 1.82) is 0 Å². The van der Waals surface area contributed by atoms with Gasteiger partial charge in [0.25, 0.3) is 0 Å². The predicted molar refractivity (Wildman–Crippen MR) is 72.9 cm³/mol. The molecule has 0 aromatic heterocycles. The molecule has 0 aliphatic carbocycles. The number of aromatic hydroxyl groups is 1. The van der Waals surface area contributed by atoms with Gasteiger partial charge >= 0.3 is 0 Å². The van der Waals surface area contributed by atoms with Crippen LogP contribution in [0.4, 0.5) is 0 Å². The van der Waals surface area contributed by atoms with E-state index in [1.165, 1.54) is 0 Å². The van der Waals surface area contributed by atoms with Crippen LogP contribution in [0, 0.1) is 5.92 Å². The number of halogens is 1. The Morgan fingerprint density at radius 3 is 2.47 bits per heavy atom. The quantitative estimate of drug-likeness (QED) is 0.853. The van der Waals surface area contributed by atoms with E-state index in [0.717, 1.165) is 18.4 Å². The van der Waals surface area contributed by atoms with Crippen molar-refractivity contribution in [2.75, 3.05) is 7.11 Å². The third-order valence-electron chi connectivity index (χ3n) is 2.69. The van der Waals surface area contributed by atoms with E-state index in [1.54, 1.807) is 19.2 Å². The number of nitrogens with two attached hydrogens (primary N) is 1. The Bertz CT molecular complexity index is 342. The monoisotopic (exact) mass is 259 g/mol. The van der Waals surface area contributed by atoms with E-state index in [4.69, 9.17) is 10.5 Å². The van der Waals surface area contributed by atoms with Gasteiger partial charge in [-0.05, 0) is 36.5 Å². The number of phenols is 1. The summed E-state index contributed by atoms with van der Waals surface area (Å²) in [7, 11) is 1.54. The maximum absolute atomic E-state index is 9.47. The summed E-state index contributed by atoms with van der Waals surface area (Å²) < 4.78 is 5.06. The van der Waals surface area contributed by atoms with Gasteiger partial charge in [-0.15, -0.1) is 12.4 Å². The molecule has 0 spiro atoms. The third-order valence-corrected chi connectivity index (χ3v) is 2.69.